The standard InChI is InChI=1S/C19H14N4OS/c1-2-4-13(5-3-1)19(17-10-21-12-25-17)7-6-14-15(8-19)22-23-18(14)16-9-20-11-24-16/h1-7,9-12H,8H2,(H,22,23). The lowest BCUT2D eigenvalue weighted by atomic mass is 9.72. The van der Waals surface area contributed by atoms with E-state index in [1.165, 1.54) is 16.8 Å². The zero-order chi connectivity index (χ0) is 16.7. The Labute approximate surface area is 148 Å². The first kappa shape index (κ1) is 14.4. The summed E-state index contributed by atoms with van der Waals surface area (Å²) < 4.78 is 5.42. The quantitative estimate of drug-likeness (QED) is 0.607. The molecule has 0 radical (unpaired) electrons. The second-order valence-corrected chi connectivity index (χ2v) is 6.93. The molecule has 122 valence electrons. The summed E-state index contributed by atoms with van der Waals surface area (Å²) >= 11 is 1.68. The topological polar surface area (TPSA) is 67.6 Å². The summed E-state index contributed by atoms with van der Waals surface area (Å²) in [5.74, 6) is 0.673. The van der Waals surface area contributed by atoms with Gasteiger partial charge in [0, 0.05) is 28.8 Å². The van der Waals surface area contributed by atoms with E-state index in [1.807, 2.05) is 17.8 Å². The number of rotatable bonds is 3. The highest BCUT2D eigenvalue weighted by Gasteiger charge is 2.38. The van der Waals surface area contributed by atoms with Gasteiger partial charge in [0.2, 0.25) is 0 Å². The number of H-pyrrole nitrogens is 1. The van der Waals surface area contributed by atoms with Crippen LogP contribution in [0.1, 0.15) is 21.7 Å². The molecule has 1 N–H and O–H groups in total. The largest absolute Gasteiger partial charge is 0.442 e. The van der Waals surface area contributed by atoms with Crippen LogP contribution in [-0.4, -0.2) is 20.2 Å². The molecule has 6 heteroatoms. The maximum atomic E-state index is 5.42. The zero-order valence-electron chi connectivity index (χ0n) is 13.2. The molecule has 0 saturated carbocycles. The van der Waals surface area contributed by atoms with Crippen LogP contribution in [0.25, 0.3) is 17.5 Å². The minimum atomic E-state index is -0.235. The van der Waals surface area contributed by atoms with Crippen molar-refractivity contribution in [1.82, 2.24) is 20.2 Å². The third-order valence-corrected chi connectivity index (χ3v) is 5.65. The summed E-state index contributed by atoms with van der Waals surface area (Å²) in [5, 5.41) is 7.65. The van der Waals surface area contributed by atoms with Crippen molar-refractivity contribution < 1.29 is 4.42 Å². The predicted octanol–water partition coefficient (Wildman–Crippen LogP) is 4.08. The highest BCUT2D eigenvalue weighted by molar-refractivity contribution is 7.09. The van der Waals surface area contributed by atoms with Crippen molar-refractivity contribution in [2.45, 2.75) is 11.8 Å². The van der Waals surface area contributed by atoms with E-state index in [0.29, 0.717) is 5.76 Å². The molecule has 1 aliphatic rings. The predicted molar refractivity (Wildman–Crippen MR) is 96.2 cm³/mol. The fourth-order valence-corrected chi connectivity index (χ4v) is 4.29. The third kappa shape index (κ3) is 2.18. The highest BCUT2D eigenvalue weighted by Crippen LogP contribution is 2.44. The normalized spacial score (nSPS) is 19.0. The molecule has 0 saturated heterocycles. The average Bonchev–Trinajstić information content (AvgIpc) is 3.42. The van der Waals surface area contributed by atoms with Crippen molar-refractivity contribution >= 4 is 17.4 Å². The molecule has 5 rings (SSSR count). The lowest BCUT2D eigenvalue weighted by molar-refractivity contribution is 0.569. The van der Waals surface area contributed by atoms with Gasteiger partial charge in [-0.25, -0.2) is 4.98 Å². The van der Waals surface area contributed by atoms with E-state index in [1.54, 1.807) is 17.5 Å². The Balaban J connectivity index is 1.66. The van der Waals surface area contributed by atoms with E-state index in [0.717, 1.165) is 23.4 Å². The first-order valence-electron chi connectivity index (χ1n) is 7.97. The average molecular weight is 346 g/mol. The van der Waals surface area contributed by atoms with E-state index in [2.05, 4.69) is 56.6 Å². The van der Waals surface area contributed by atoms with Crippen LogP contribution in [0.15, 0.2) is 65.1 Å². The van der Waals surface area contributed by atoms with E-state index in [9.17, 15) is 0 Å². The molecule has 3 aromatic heterocycles. The fraction of sp³-hybridized carbons (Fsp3) is 0.105. The Kier molecular flexibility index (Phi) is 3.18. The van der Waals surface area contributed by atoms with Crippen molar-refractivity contribution in [1.29, 1.82) is 0 Å². The molecule has 0 amide bonds. The first-order valence-corrected chi connectivity index (χ1v) is 8.85. The van der Waals surface area contributed by atoms with Crippen LogP contribution in [-0.2, 0) is 11.8 Å². The van der Waals surface area contributed by atoms with Gasteiger partial charge in [0.1, 0.15) is 5.69 Å². The van der Waals surface area contributed by atoms with E-state index >= 15 is 0 Å². The smallest absolute Gasteiger partial charge is 0.181 e. The van der Waals surface area contributed by atoms with Crippen molar-refractivity contribution in [2.24, 2.45) is 0 Å². The number of thiazole rings is 1. The number of hydrogen-bond acceptors (Lipinski definition) is 5. The van der Waals surface area contributed by atoms with Crippen LogP contribution in [0, 0.1) is 0 Å². The van der Waals surface area contributed by atoms with Gasteiger partial charge in [0.05, 0.1) is 17.1 Å². The molecule has 5 nitrogen and oxygen atoms in total. The summed E-state index contributed by atoms with van der Waals surface area (Å²) in [6.07, 6.45) is 10.3. The number of aromatic nitrogens is 4. The molecule has 4 aromatic rings. The molecule has 1 aliphatic carbocycles. The van der Waals surface area contributed by atoms with Crippen LogP contribution >= 0.6 is 11.3 Å². The lowest BCUT2D eigenvalue weighted by Crippen LogP contribution is -2.29. The van der Waals surface area contributed by atoms with Gasteiger partial charge < -0.3 is 4.42 Å². The van der Waals surface area contributed by atoms with Gasteiger partial charge in [-0.2, -0.15) is 5.10 Å². The minimum absolute atomic E-state index is 0.235. The third-order valence-electron chi connectivity index (χ3n) is 4.70. The number of hydrogen-bond donors (Lipinski definition) is 1. The number of nitrogens with zero attached hydrogens (tertiary/aromatic N) is 3. The number of allylic oxidation sites excluding steroid dienone is 1. The number of oxazole rings is 1. The van der Waals surface area contributed by atoms with Gasteiger partial charge >= 0.3 is 0 Å². The minimum Gasteiger partial charge on any atom is -0.442 e. The monoisotopic (exact) mass is 346 g/mol. The Hall–Kier alpha value is -2.99. The van der Waals surface area contributed by atoms with E-state index in [-0.39, 0.29) is 5.41 Å². The summed E-state index contributed by atoms with van der Waals surface area (Å²) in [7, 11) is 0. The molecule has 3 heterocycles. The Bertz CT molecular complexity index is 1020. The van der Waals surface area contributed by atoms with Gasteiger partial charge in [0.25, 0.3) is 0 Å². The molecule has 0 spiro atoms. The number of aromatic amines is 1. The van der Waals surface area contributed by atoms with Crippen molar-refractivity contribution in [3.63, 3.8) is 0 Å². The maximum absolute atomic E-state index is 5.42. The SMILES string of the molecule is C1=CC(c2ccccc2)(c2cncs2)Cc2[nH]nc(-c3cnco3)c21. The molecule has 0 fully saturated rings. The number of fused-ring (bicyclic) bond motifs is 1. The number of benzene rings is 1. The van der Waals surface area contributed by atoms with Crippen LogP contribution in [0.4, 0.5) is 0 Å². The summed E-state index contributed by atoms with van der Waals surface area (Å²) in [5.41, 5.74) is 5.85. The van der Waals surface area contributed by atoms with Gasteiger partial charge in [-0.3, -0.25) is 10.1 Å². The van der Waals surface area contributed by atoms with Gasteiger partial charge in [-0.15, -0.1) is 11.3 Å². The van der Waals surface area contributed by atoms with Crippen LogP contribution < -0.4 is 0 Å². The molecular formula is C19H14N4OS. The Morgan fingerprint density at radius 3 is 2.80 bits per heavy atom. The summed E-state index contributed by atoms with van der Waals surface area (Å²) in [4.78, 5) is 9.52. The fourth-order valence-electron chi connectivity index (χ4n) is 3.47. The second kappa shape index (κ2) is 5.53. The Morgan fingerprint density at radius 2 is 2.04 bits per heavy atom. The van der Waals surface area contributed by atoms with Crippen molar-refractivity contribution in [3.8, 4) is 11.5 Å². The molecule has 1 aromatic carbocycles. The molecule has 0 bridgehead atoms. The first-order chi connectivity index (χ1) is 12.4. The lowest BCUT2D eigenvalue weighted by Gasteiger charge is -2.32. The van der Waals surface area contributed by atoms with Crippen LogP contribution in [0.3, 0.4) is 0 Å². The zero-order valence-corrected chi connectivity index (χ0v) is 14.0. The van der Waals surface area contributed by atoms with Gasteiger partial charge in [-0.05, 0) is 5.56 Å². The van der Waals surface area contributed by atoms with Crippen LogP contribution in [0.2, 0.25) is 0 Å². The van der Waals surface area contributed by atoms with E-state index in [4.69, 9.17) is 4.42 Å². The molecule has 25 heavy (non-hydrogen) atoms. The van der Waals surface area contributed by atoms with Gasteiger partial charge in [-0.1, -0.05) is 42.5 Å². The molecule has 1 unspecified atom stereocenters. The van der Waals surface area contributed by atoms with E-state index < -0.39 is 0 Å². The van der Waals surface area contributed by atoms with Crippen LogP contribution in [0.5, 0.6) is 0 Å². The van der Waals surface area contributed by atoms with Crippen molar-refractivity contribution in [3.05, 3.63) is 82.4 Å². The summed E-state index contributed by atoms with van der Waals surface area (Å²) in [6.45, 7) is 0. The second-order valence-electron chi connectivity index (χ2n) is 6.04. The Morgan fingerprint density at radius 1 is 1.12 bits per heavy atom. The van der Waals surface area contributed by atoms with Crippen molar-refractivity contribution in [2.75, 3.05) is 0 Å². The molecule has 1 atom stereocenters. The molecular weight excluding hydrogens is 332 g/mol. The maximum Gasteiger partial charge on any atom is 0.181 e. The summed E-state index contributed by atoms with van der Waals surface area (Å²) in [6, 6.07) is 10.5. The van der Waals surface area contributed by atoms with Gasteiger partial charge in [0.15, 0.2) is 12.2 Å². The highest BCUT2D eigenvalue weighted by atomic mass is 32.1. The number of nitrogens with one attached hydrogen (secondary N) is 1. The molecule has 0 aliphatic heterocycles.